The van der Waals surface area contributed by atoms with Crippen molar-refractivity contribution >= 4 is 5.96 Å². The third-order valence-electron chi connectivity index (χ3n) is 1.58. The van der Waals surface area contributed by atoms with Crippen molar-refractivity contribution in [2.45, 2.75) is 13.5 Å². The highest BCUT2D eigenvalue weighted by Gasteiger charge is 1.97. The number of aryl methyl sites for hydroxylation is 1. The summed E-state index contributed by atoms with van der Waals surface area (Å²) in [7, 11) is 1.82. The van der Waals surface area contributed by atoms with Crippen molar-refractivity contribution in [3.05, 3.63) is 11.9 Å². The van der Waals surface area contributed by atoms with Crippen LogP contribution in [-0.2, 0) is 13.6 Å². The topological polar surface area (TPSA) is 81.1 Å². The van der Waals surface area contributed by atoms with Crippen LogP contribution in [0.2, 0.25) is 0 Å². The summed E-state index contributed by atoms with van der Waals surface area (Å²) in [6.07, 6.45) is 1.67. The van der Waals surface area contributed by atoms with Crippen molar-refractivity contribution in [3.8, 4) is 0 Å². The van der Waals surface area contributed by atoms with Crippen LogP contribution in [0, 0.1) is 0 Å². The lowest BCUT2D eigenvalue weighted by Gasteiger charge is -2.01. The highest BCUT2D eigenvalue weighted by atomic mass is 15.4. The molecule has 3 N–H and O–H groups in total. The summed E-state index contributed by atoms with van der Waals surface area (Å²) in [5.41, 5.74) is 6.47. The number of hydrogen-bond acceptors (Lipinski definition) is 3. The van der Waals surface area contributed by atoms with Crippen molar-refractivity contribution in [2.24, 2.45) is 17.8 Å². The lowest BCUT2D eigenvalue weighted by Crippen LogP contribution is -2.31. The Labute approximate surface area is 76.8 Å². The monoisotopic (exact) mass is 182 g/mol. The zero-order valence-electron chi connectivity index (χ0n) is 7.86. The van der Waals surface area contributed by atoms with Gasteiger partial charge in [-0.3, -0.25) is 4.68 Å². The second-order valence-electron chi connectivity index (χ2n) is 2.58. The van der Waals surface area contributed by atoms with Crippen molar-refractivity contribution in [3.63, 3.8) is 0 Å². The Balaban J connectivity index is 2.51. The van der Waals surface area contributed by atoms with Crippen LogP contribution in [0.4, 0.5) is 0 Å². The first-order valence-electron chi connectivity index (χ1n) is 4.11. The Kier molecular flexibility index (Phi) is 3.24. The van der Waals surface area contributed by atoms with Gasteiger partial charge in [-0.1, -0.05) is 5.21 Å². The standard InChI is InChI=1S/C7H14N6/c1-3-9-7(8)10-4-6-5-11-12-13(6)2/h5H,3-4H2,1-2H3,(H3,8,9,10). The maximum Gasteiger partial charge on any atom is 0.188 e. The Bertz CT molecular complexity index is 289. The van der Waals surface area contributed by atoms with Crippen molar-refractivity contribution in [1.82, 2.24) is 20.3 Å². The molecule has 0 bridgehead atoms. The van der Waals surface area contributed by atoms with Gasteiger partial charge in [0.25, 0.3) is 0 Å². The molecule has 0 aliphatic heterocycles. The minimum Gasteiger partial charge on any atom is -0.370 e. The average Bonchev–Trinajstić information content (AvgIpc) is 2.48. The molecule has 72 valence electrons. The highest BCUT2D eigenvalue weighted by molar-refractivity contribution is 5.77. The normalized spacial score (nSPS) is 11.7. The third kappa shape index (κ3) is 2.73. The van der Waals surface area contributed by atoms with Gasteiger partial charge in [0.15, 0.2) is 5.96 Å². The molecule has 13 heavy (non-hydrogen) atoms. The number of aromatic nitrogens is 3. The second-order valence-corrected chi connectivity index (χ2v) is 2.58. The van der Waals surface area contributed by atoms with Gasteiger partial charge in [-0.25, -0.2) is 4.99 Å². The molecule has 0 saturated heterocycles. The summed E-state index contributed by atoms with van der Waals surface area (Å²) in [6.45, 7) is 3.25. The van der Waals surface area contributed by atoms with Gasteiger partial charge in [0.2, 0.25) is 0 Å². The van der Waals surface area contributed by atoms with Crippen LogP contribution in [0.1, 0.15) is 12.6 Å². The van der Waals surface area contributed by atoms with E-state index in [0.29, 0.717) is 12.5 Å². The molecule has 0 atom stereocenters. The van der Waals surface area contributed by atoms with Crippen LogP contribution >= 0.6 is 0 Å². The van der Waals surface area contributed by atoms with E-state index in [4.69, 9.17) is 5.73 Å². The predicted molar refractivity (Wildman–Crippen MR) is 50.0 cm³/mol. The molecule has 0 spiro atoms. The molecule has 0 aliphatic rings. The predicted octanol–water partition coefficient (Wildman–Crippen LogP) is -0.761. The molecule has 1 aromatic heterocycles. The van der Waals surface area contributed by atoms with Crippen LogP contribution in [0.5, 0.6) is 0 Å². The molecule has 0 radical (unpaired) electrons. The molecule has 0 saturated carbocycles. The van der Waals surface area contributed by atoms with E-state index in [1.165, 1.54) is 0 Å². The number of nitrogens with zero attached hydrogens (tertiary/aromatic N) is 4. The van der Waals surface area contributed by atoms with Gasteiger partial charge in [-0.2, -0.15) is 0 Å². The quantitative estimate of drug-likeness (QED) is 0.475. The molecule has 1 aromatic rings. The maximum atomic E-state index is 5.54. The second kappa shape index (κ2) is 4.44. The molecule has 0 aliphatic carbocycles. The summed E-state index contributed by atoms with van der Waals surface area (Å²) in [4.78, 5) is 4.10. The van der Waals surface area contributed by atoms with E-state index in [2.05, 4.69) is 20.6 Å². The number of nitrogens with one attached hydrogen (secondary N) is 1. The van der Waals surface area contributed by atoms with Gasteiger partial charge in [0.1, 0.15) is 0 Å². The average molecular weight is 182 g/mol. The number of guanidine groups is 1. The number of nitrogens with two attached hydrogens (primary N) is 1. The third-order valence-corrected chi connectivity index (χ3v) is 1.58. The Morgan fingerprint density at radius 2 is 2.54 bits per heavy atom. The fraction of sp³-hybridized carbons (Fsp3) is 0.571. The Morgan fingerprint density at radius 1 is 1.77 bits per heavy atom. The van der Waals surface area contributed by atoms with Gasteiger partial charge in [0.05, 0.1) is 18.4 Å². The SMILES string of the molecule is CCNC(N)=NCc1cnnn1C. The molecule has 0 fully saturated rings. The number of hydrogen-bond donors (Lipinski definition) is 2. The highest BCUT2D eigenvalue weighted by Crippen LogP contribution is 1.94. The fourth-order valence-electron chi connectivity index (χ4n) is 0.857. The molecule has 0 amide bonds. The van der Waals surface area contributed by atoms with Crippen molar-refractivity contribution < 1.29 is 0 Å². The minimum absolute atomic E-state index is 0.448. The fourth-order valence-corrected chi connectivity index (χ4v) is 0.857. The first kappa shape index (κ1) is 9.50. The molecule has 1 heterocycles. The summed E-state index contributed by atoms with van der Waals surface area (Å²) in [5.74, 6) is 0.448. The summed E-state index contributed by atoms with van der Waals surface area (Å²) < 4.78 is 1.67. The van der Waals surface area contributed by atoms with Gasteiger partial charge in [0, 0.05) is 13.6 Å². The molecule has 0 aromatic carbocycles. The largest absolute Gasteiger partial charge is 0.370 e. The van der Waals surface area contributed by atoms with E-state index in [-0.39, 0.29) is 0 Å². The van der Waals surface area contributed by atoms with E-state index in [1.54, 1.807) is 10.9 Å². The van der Waals surface area contributed by atoms with E-state index < -0.39 is 0 Å². The van der Waals surface area contributed by atoms with Crippen LogP contribution in [0.15, 0.2) is 11.2 Å². The van der Waals surface area contributed by atoms with Crippen molar-refractivity contribution in [2.75, 3.05) is 6.54 Å². The van der Waals surface area contributed by atoms with Gasteiger partial charge in [-0.05, 0) is 6.92 Å². The van der Waals surface area contributed by atoms with Crippen molar-refractivity contribution in [1.29, 1.82) is 0 Å². The van der Waals surface area contributed by atoms with E-state index in [1.807, 2.05) is 14.0 Å². The number of rotatable bonds is 3. The smallest absolute Gasteiger partial charge is 0.188 e. The molecule has 6 heteroatoms. The first-order chi connectivity index (χ1) is 6.24. The number of aliphatic imine (C=N–C) groups is 1. The van der Waals surface area contributed by atoms with Crippen LogP contribution in [0.3, 0.4) is 0 Å². The Hall–Kier alpha value is -1.59. The Morgan fingerprint density at radius 3 is 3.08 bits per heavy atom. The zero-order chi connectivity index (χ0) is 9.68. The van der Waals surface area contributed by atoms with Gasteiger partial charge < -0.3 is 11.1 Å². The molecule has 1 rings (SSSR count). The maximum absolute atomic E-state index is 5.54. The zero-order valence-corrected chi connectivity index (χ0v) is 7.86. The lowest BCUT2D eigenvalue weighted by molar-refractivity contribution is 0.677. The van der Waals surface area contributed by atoms with Gasteiger partial charge >= 0.3 is 0 Å². The molecular weight excluding hydrogens is 168 g/mol. The van der Waals surface area contributed by atoms with Crippen LogP contribution < -0.4 is 11.1 Å². The van der Waals surface area contributed by atoms with E-state index in [0.717, 1.165) is 12.2 Å². The molecule has 0 unspecified atom stereocenters. The van der Waals surface area contributed by atoms with E-state index >= 15 is 0 Å². The molecule has 6 nitrogen and oxygen atoms in total. The lowest BCUT2D eigenvalue weighted by atomic mass is 10.5. The summed E-state index contributed by atoms with van der Waals surface area (Å²) >= 11 is 0. The molecular formula is C7H14N6. The summed E-state index contributed by atoms with van der Waals surface area (Å²) in [5, 5.41) is 10.4. The van der Waals surface area contributed by atoms with Crippen LogP contribution in [-0.4, -0.2) is 27.5 Å². The van der Waals surface area contributed by atoms with Crippen LogP contribution in [0.25, 0.3) is 0 Å². The van der Waals surface area contributed by atoms with E-state index in [9.17, 15) is 0 Å². The van der Waals surface area contributed by atoms with Gasteiger partial charge in [-0.15, -0.1) is 5.10 Å². The minimum atomic E-state index is 0.448. The summed E-state index contributed by atoms with van der Waals surface area (Å²) in [6, 6.07) is 0. The first-order valence-corrected chi connectivity index (χ1v) is 4.11.